The van der Waals surface area contributed by atoms with Gasteiger partial charge < -0.3 is 15.2 Å². The molecule has 1 amide bonds. The Kier molecular flexibility index (Phi) is 5.84. The van der Waals surface area contributed by atoms with Crippen LogP contribution in [0.4, 0.5) is 11.5 Å². The molecule has 1 saturated heterocycles. The fourth-order valence-corrected chi connectivity index (χ4v) is 4.48. The molecule has 1 aliphatic heterocycles. The summed E-state index contributed by atoms with van der Waals surface area (Å²) in [5.41, 5.74) is 4.12. The molecular formula is C27H27N5O2. The molecule has 2 aromatic carbocycles. The first-order chi connectivity index (χ1) is 16.5. The van der Waals surface area contributed by atoms with Gasteiger partial charge in [0.2, 0.25) is 0 Å². The fraction of sp³-hybridized carbons (Fsp3) is 0.259. The Morgan fingerprint density at radius 3 is 2.41 bits per heavy atom. The first kappa shape index (κ1) is 21.8. The zero-order chi connectivity index (χ0) is 23.7. The third kappa shape index (κ3) is 4.29. The average Bonchev–Trinajstić information content (AvgIpc) is 3.20. The molecule has 0 spiro atoms. The topological polar surface area (TPSA) is 91.0 Å². The van der Waals surface area contributed by atoms with Crippen molar-refractivity contribution in [1.29, 1.82) is 0 Å². The third-order valence-corrected chi connectivity index (χ3v) is 6.52. The van der Waals surface area contributed by atoms with Crippen molar-refractivity contribution in [1.82, 2.24) is 15.2 Å². The lowest BCUT2D eigenvalue weighted by atomic mass is 9.99. The maximum Gasteiger partial charge on any atom is 0.296 e. The quantitative estimate of drug-likeness (QED) is 0.328. The molecule has 0 radical (unpaired) electrons. The van der Waals surface area contributed by atoms with Crippen molar-refractivity contribution < 1.29 is 9.59 Å². The van der Waals surface area contributed by atoms with Crippen molar-refractivity contribution in [3.8, 4) is 11.3 Å². The number of carbonyl (C=O) groups is 2. The van der Waals surface area contributed by atoms with Crippen molar-refractivity contribution in [3.63, 3.8) is 0 Å². The van der Waals surface area contributed by atoms with Crippen molar-refractivity contribution in [2.45, 2.75) is 26.7 Å². The molecule has 0 saturated carbocycles. The van der Waals surface area contributed by atoms with Gasteiger partial charge in [0.15, 0.2) is 5.82 Å². The van der Waals surface area contributed by atoms with E-state index in [4.69, 9.17) is 0 Å². The monoisotopic (exact) mass is 453 g/mol. The molecule has 7 nitrogen and oxygen atoms in total. The Morgan fingerprint density at radius 1 is 0.971 bits per heavy atom. The molecule has 34 heavy (non-hydrogen) atoms. The number of anilines is 2. The molecule has 1 aliphatic rings. The minimum Gasteiger partial charge on any atom is -0.358 e. The number of ketones is 1. The van der Waals surface area contributed by atoms with Crippen LogP contribution in [0.3, 0.4) is 0 Å². The van der Waals surface area contributed by atoms with Gasteiger partial charge in [-0.3, -0.25) is 9.59 Å². The molecular weight excluding hydrogens is 426 g/mol. The molecule has 7 heteroatoms. The number of H-pyrrole nitrogens is 1. The van der Waals surface area contributed by atoms with E-state index in [2.05, 4.69) is 32.3 Å². The normalized spacial score (nSPS) is 14.4. The summed E-state index contributed by atoms with van der Waals surface area (Å²) in [6, 6.07) is 18.7. The molecule has 2 aromatic heterocycles. The molecule has 0 bridgehead atoms. The molecule has 0 atom stereocenters. The minimum atomic E-state index is -0.666. The van der Waals surface area contributed by atoms with E-state index in [1.165, 1.54) is 12.8 Å². The first-order valence-electron chi connectivity index (χ1n) is 11.6. The van der Waals surface area contributed by atoms with E-state index in [9.17, 15) is 9.59 Å². The van der Waals surface area contributed by atoms with Gasteiger partial charge in [0.1, 0.15) is 0 Å². The lowest BCUT2D eigenvalue weighted by Gasteiger charge is -2.30. The van der Waals surface area contributed by atoms with E-state index >= 15 is 0 Å². The van der Waals surface area contributed by atoms with Gasteiger partial charge in [0.05, 0.1) is 11.3 Å². The van der Waals surface area contributed by atoms with E-state index < -0.39 is 11.7 Å². The van der Waals surface area contributed by atoms with Crippen LogP contribution in [0.1, 0.15) is 35.8 Å². The molecule has 0 aliphatic carbocycles. The molecule has 2 N–H and O–H groups in total. The summed E-state index contributed by atoms with van der Waals surface area (Å²) in [5, 5.41) is 12.3. The van der Waals surface area contributed by atoms with Crippen LogP contribution >= 0.6 is 0 Å². The molecule has 3 heterocycles. The van der Waals surface area contributed by atoms with Crippen LogP contribution in [0.15, 0.2) is 60.7 Å². The maximum absolute atomic E-state index is 12.9. The summed E-state index contributed by atoms with van der Waals surface area (Å²) >= 11 is 0. The van der Waals surface area contributed by atoms with E-state index in [1.54, 1.807) is 19.1 Å². The Balaban J connectivity index is 1.26. The lowest BCUT2D eigenvalue weighted by Crippen LogP contribution is -2.33. The second kappa shape index (κ2) is 9.09. The predicted molar refractivity (Wildman–Crippen MR) is 134 cm³/mol. The summed E-state index contributed by atoms with van der Waals surface area (Å²) in [6.45, 7) is 6.12. The Hall–Kier alpha value is -4.00. The molecule has 0 unspecified atom stereocenters. The third-order valence-electron chi connectivity index (χ3n) is 6.52. The number of benzene rings is 2. The van der Waals surface area contributed by atoms with Crippen LogP contribution in [-0.2, 0) is 4.79 Å². The Labute approximate surface area is 198 Å². The number of piperidine rings is 1. The van der Waals surface area contributed by atoms with Crippen LogP contribution in [0.25, 0.3) is 22.2 Å². The summed E-state index contributed by atoms with van der Waals surface area (Å²) in [6.07, 6.45) is 2.36. The number of aromatic nitrogens is 3. The maximum atomic E-state index is 12.9. The molecule has 5 rings (SSSR count). The first-order valence-corrected chi connectivity index (χ1v) is 11.6. The van der Waals surface area contributed by atoms with Gasteiger partial charge in [-0.1, -0.05) is 37.3 Å². The van der Waals surface area contributed by atoms with Crippen LogP contribution in [0.5, 0.6) is 0 Å². The number of para-hydroxylation sites is 1. The van der Waals surface area contributed by atoms with Crippen LogP contribution in [-0.4, -0.2) is 40.0 Å². The second-order valence-corrected chi connectivity index (χ2v) is 8.98. The van der Waals surface area contributed by atoms with Gasteiger partial charge in [0, 0.05) is 40.9 Å². The van der Waals surface area contributed by atoms with Crippen molar-refractivity contribution in [2.24, 2.45) is 5.92 Å². The number of amides is 1. The lowest BCUT2D eigenvalue weighted by molar-refractivity contribution is -0.112. The van der Waals surface area contributed by atoms with Crippen LogP contribution in [0, 0.1) is 12.8 Å². The van der Waals surface area contributed by atoms with Crippen molar-refractivity contribution in [3.05, 3.63) is 71.9 Å². The minimum absolute atomic E-state index is 0.406. The largest absolute Gasteiger partial charge is 0.358 e. The smallest absolute Gasteiger partial charge is 0.296 e. The molecule has 172 valence electrons. The Bertz CT molecular complexity index is 1330. The van der Waals surface area contributed by atoms with Gasteiger partial charge >= 0.3 is 0 Å². The van der Waals surface area contributed by atoms with Gasteiger partial charge in [-0.2, -0.15) is 0 Å². The fourth-order valence-electron chi connectivity index (χ4n) is 4.48. The summed E-state index contributed by atoms with van der Waals surface area (Å²) in [7, 11) is 0. The second-order valence-electron chi connectivity index (χ2n) is 8.98. The van der Waals surface area contributed by atoms with Crippen molar-refractivity contribution in [2.75, 3.05) is 23.3 Å². The Morgan fingerprint density at radius 2 is 1.71 bits per heavy atom. The number of Topliss-reactive ketones (excluding diaryl/α,β-unsaturated/α-hetero) is 1. The zero-order valence-electron chi connectivity index (χ0n) is 19.3. The predicted octanol–water partition coefficient (Wildman–Crippen LogP) is 4.99. The summed E-state index contributed by atoms with van der Waals surface area (Å²) in [4.78, 5) is 31.0. The average molecular weight is 454 g/mol. The summed E-state index contributed by atoms with van der Waals surface area (Å²) in [5.74, 6) is 0.447. The van der Waals surface area contributed by atoms with Gasteiger partial charge in [0.25, 0.3) is 11.7 Å². The highest BCUT2D eigenvalue weighted by atomic mass is 16.2. The van der Waals surface area contributed by atoms with Gasteiger partial charge in [-0.15, -0.1) is 10.2 Å². The van der Waals surface area contributed by atoms with Crippen LogP contribution < -0.4 is 10.2 Å². The summed E-state index contributed by atoms with van der Waals surface area (Å²) < 4.78 is 0. The highest BCUT2D eigenvalue weighted by Crippen LogP contribution is 2.25. The highest BCUT2D eigenvalue weighted by Gasteiger charge is 2.23. The van der Waals surface area contributed by atoms with E-state index in [1.807, 2.05) is 48.5 Å². The van der Waals surface area contributed by atoms with E-state index in [0.717, 1.165) is 47.0 Å². The molecule has 4 aromatic rings. The van der Waals surface area contributed by atoms with Gasteiger partial charge in [-0.05, 0) is 56.0 Å². The van der Waals surface area contributed by atoms with Crippen molar-refractivity contribution >= 4 is 34.1 Å². The highest BCUT2D eigenvalue weighted by molar-refractivity contribution is 6.48. The number of fused-ring (bicyclic) bond motifs is 1. The number of nitrogens with one attached hydrogen (secondary N) is 2. The zero-order valence-corrected chi connectivity index (χ0v) is 19.3. The number of aryl methyl sites for hydroxylation is 1. The van der Waals surface area contributed by atoms with Crippen LogP contribution in [0.2, 0.25) is 0 Å². The molecule has 1 fully saturated rings. The standard InChI is InChI=1S/C27H27N5O2/c1-17-13-15-32(16-14-17)24-12-11-22(30-31-24)19-7-9-20(10-8-19)29-27(34)26(33)25-18(2)28-23-6-4-3-5-21(23)25/h3-12,17,28H,13-16H2,1-2H3,(H,29,34). The number of carbonyl (C=O) groups excluding carboxylic acids is 2. The van der Waals surface area contributed by atoms with E-state index in [-0.39, 0.29) is 0 Å². The van der Waals surface area contributed by atoms with E-state index in [0.29, 0.717) is 16.9 Å². The number of hydrogen-bond acceptors (Lipinski definition) is 5. The number of rotatable bonds is 5. The SMILES string of the molecule is Cc1[nH]c2ccccc2c1C(=O)C(=O)Nc1ccc(-c2ccc(N3CCC(C)CC3)nn2)cc1. The number of nitrogens with zero attached hydrogens (tertiary/aromatic N) is 3. The van der Waals surface area contributed by atoms with Gasteiger partial charge in [-0.25, -0.2) is 0 Å². The number of aromatic amines is 1. The number of hydrogen-bond donors (Lipinski definition) is 2.